The number of benzene rings is 2. The summed E-state index contributed by atoms with van der Waals surface area (Å²) in [5, 5.41) is 11.2. The van der Waals surface area contributed by atoms with Gasteiger partial charge in [0, 0.05) is 30.8 Å². The van der Waals surface area contributed by atoms with Gasteiger partial charge in [0.15, 0.2) is 0 Å². The quantitative estimate of drug-likeness (QED) is 0.747. The van der Waals surface area contributed by atoms with Crippen LogP contribution in [-0.4, -0.2) is 36.8 Å². The molecule has 1 N–H and O–H groups in total. The summed E-state index contributed by atoms with van der Waals surface area (Å²) in [5.41, 5.74) is 2.22. The van der Waals surface area contributed by atoms with E-state index in [4.69, 9.17) is 9.47 Å². The first-order chi connectivity index (χ1) is 13.0. The molecule has 0 spiro atoms. The molecular formula is C23H29NO3. The summed E-state index contributed by atoms with van der Waals surface area (Å²) in [6.45, 7) is 8.86. The van der Waals surface area contributed by atoms with Crippen LogP contribution in [0.5, 0.6) is 11.5 Å². The first-order valence-electron chi connectivity index (χ1n) is 9.45. The number of ether oxygens (including phenoxy) is 2. The summed E-state index contributed by atoms with van der Waals surface area (Å²) in [5.74, 6) is 1.66. The number of likely N-dealkylation sites (tertiary alicyclic amines) is 1. The zero-order chi connectivity index (χ0) is 19.3. The average Bonchev–Trinajstić information content (AvgIpc) is 2.69. The Morgan fingerprint density at radius 2 is 1.70 bits per heavy atom. The summed E-state index contributed by atoms with van der Waals surface area (Å²) in [6.07, 6.45) is 1.37. The van der Waals surface area contributed by atoms with Crippen LogP contribution in [0.1, 0.15) is 30.9 Å². The van der Waals surface area contributed by atoms with Crippen LogP contribution in [0.3, 0.4) is 0 Å². The number of nitrogens with zero attached hydrogens (tertiary/aromatic N) is 1. The molecule has 0 amide bonds. The summed E-state index contributed by atoms with van der Waals surface area (Å²) in [7, 11) is 1.65. The Labute approximate surface area is 162 Å². The largest absolute Gasteiger partial charge is 0.496 e. The van der Waals surface area contributed by atoms with Crippen molar-refractivity contribution in [3.05, 3.63) is 71.8 Å². The Morgan fingerprint density at radius 1 is 1.07 bits per heavy atom. The minimum absolute atomic E-state index is 0.532. The summed E-state index contributed by atoms with van der Waals surface area (Å²) >= 11 is 0. The fourth-order valence-corrected chi connectivity index (χ4v) is 3.60. The lowest BCUT2D eigenvalue weighted by molar-refractivity contribution is -0.0293. The fraction of sp³-hybridized carbons (Fsp3) is 0.391. The van der Waals surface area contributed by atoms with Crippen LogP contribution in [-0.2, 0) is 12.1 Å². The smallest absolute Gasteiger partial charge is 0.124 e. The van der Waals surface area contributed by atoms with Crippen molar-refractivity contribution >= 4 is 0 Å². The monoisotopic (exact) mass is 367 g/mol. The number of rotatable bonds is 7. The van der Waals surface area contributed by atoms with Crippen molar-refractivity contribution in [2.75, 3.05) is 26.8 Å². The van der Waals surface area contributed by atoms with Crippen molar-refractivity contribution in [3.63, 3.8) is 0 Å². The molecule has 1 heterocycles. The molecule has 144 valence electrons. The molecule has 0 unspecified atom stereocenters. The molecule has 2 aromatic carbocycles. The van der Waals surface area contributed by atoms with Gasteiger partial charge in [0.1, 0.15) is 18.1 Å². The lowest BCUT2D eigenvalue weighted by atomic mass is 9.83. The van der Waals surface area contributed by atoms with Crippen LogP contribution in [0, 0.1) is 0 Å². The highest BCUT2D eigenvalue weighted by molar-refractivity contribution is 5.38. The van der Waals surface area contributed by atoms with Gasteiger partial charge >= 0.3 is 0 Å². The second-order valence-electron chi connectivity index (χ2n) is 7.36. The standard InChI is InChI=1S/C23H29NO3/c1-18(2)17-27-21-10-6-4-8-19(21)16-24-14-12-23(25,13-15-24)20-9-5-7-11-22(20)26-3/h4-11,25H,1,12-17H2,2-3H3. The molecule has 0 aromatic heterocycles. The highest BCUT2D eigenvalue weighted by Crippen LogP contribution is 2.38. The Hall–Kier alpha value is -2.30. The number of hydrogen-bond acceptors (Lipinski definition) is 4. The number of aliphatic hydroxyl groups is 1. The van der Waals surface area contributed by atoms with Gasteiger partial charge in [-0.05, 0) is 37.5 Å². The molecule has 1 aliphatic rings. The molecule has 0 atom stereocenters. The maximum absolute atomic E-state index is 11.2. The maximum atomic E-state index is 11.2. The summed E-state index contributed by atoms with van der Waals surface area (Å²) < 4.78 is 11.3. The van der Waals surface area contributed by atoms with Crippen LogP contribution >= 0.6 is 0 Å². The van der Waals surface area contributed by atoms with Crippen molar-refractivity contribution < 1.29 is 14.6 Å². The number of hydrogen-bond donors (Lipinski definition) is 1. The second kappa shape index (κ2) is 8.59. The van der Waals surface area contributed by atoms with E-state index in [0.29, 0.717) is 19.4 Å². The van der Waals surface area contributed by atoms with Crippen molar-refractivity contribution in [2.45, 2.75) is 31.9 Å². The van der Waals surface area contributed by atoms with Gasteiger partial charge in [-0.3, -0.25) is 4.90 Å². The third-order valence-corrected chi connectivity index (χ3v) is 5.13. The Kier molecular flexibility index (Phi) is 6.19. The lowest BCUT2D eigenvalue weighted by Gasteiger charge is -2.39. The third-order valence-electron chi connectivity index (χ3n) is 5.13. The molecule has 1 aliphatic heterocycles. The van der Waals surface area contributed by atoms with Gasteiger partial charge in [0.05, 0.1) is 12.7 Å². The van der Waals surface area contributed by atoms with E-state index < -0.39 is 5.60 Å². The zero-order valence-corrected chi connectivity index (χ0v) is 16.3. The zero-order valence-electron chi connectivity index (χ0n) is 16.3. The van der Waals surface area contributed by atoms with Crippen molar-refractivity contribution in [1.82, 2.24) is 4.90 Å². The van der Waals surface area contributed by atoms with E-state index in [1.54, 1.807) is 7.11 Å². The van der Waals surface area contributed by atoms with Gasteiger partial charge in [-0.15, -0.1) is 0 Å². The molecule has 4 heteroatoms. The molecule has 3 rings (SSSR count). The molecule has 0 aliphatic carbocycles. The van der Waals surface area contributed by atoms with E-state index in [2.05, 4.69) is 17.5 Å². The number of methoxy groups -OCH3 is 1. The van der Waals surface area contributed by atoms with Crippen LogP contribution < -0.4 is 9.47 Å². The van der Waals surface area contributed by atoms with Gasteiger partial charge in [-0.1, -0.05) is 43.0 Å². The minimum atomic E-state index is -0.834. The Balaban J connectivity index is 1.66. The Morgan fingerprint density at radius 3 is 2.37 bits per heavy atom. The van der Waals surface area contributed by atoms with E-state index in [0.717, 1.165) is 42.3 Å². The molecule has 4 nitrogen and oxygen atoms in total. The maximum Gasteiger partial charge on any atom is 0.124 e. The first kappa shape index (κ1) is 19.5. The van der Waals surface area contributed by atoms with E-state index in [9.17, 15) is 5.11 Å². The first-order valence-corrected chi connectivity index (χ1v) is 9.45. The van der Waals surface area contributed by atoms with E-state index in [1.807, 2.05) is 49.4 Å². The predicted molar refractivity (Wildman–Crippen MR) is 108 cm³/mol. The average molecular weight is 367 g/mol. The van der Waals surface area contributed by atoms with Crippen molar-refractivity contribution in [2.24, 2.45) is 0 Å². The van der Waals surface area contributed by atoms with Gasteiger partial charge in [0.2, 0.25) is 0 Å². The Bertz CT molecular complexity index is 779. The highest BCUT2D eigenvalue weighted by Gasteiger charge is 2.36. The number of piperidine rings is 1. The predicted octanol–water partition coefficient (Wildman–Crippen LogP) is 4.13. The van der Waals surface area contributed by atoms with Gasteiger partial charge in [-0.25, -0.2) is 0 Å². The van der Waals surface area contributed by atoms with Gasteiger partial charge in [-0.2, -0.15) is 0 Å². The van der Waals surface area contributed by atoms with Crippen LogP contribution in [0.4, 0.5) is 0 Å². The van der Waals surface area contributed by atoms with E-state index in [-0.39, 0.29) is 0 Å². The molecule has 0 radical (unpaired) electrons. The van der Waals surface area contributed by atoms with Crippen molar-refractivity contribution in [3.8, 4) is 11.5 Å². The lowest BCUT2D eigenvalue weighted by Crippen LogP contribution is -2.42. The van der Waals surface area contributed by atoms with E-state index >= 15 is 0 Å². The highest BCUT2D eigenvalue weighted by atomic mass is 16.5. The van der Waals surface area contributed by atoms with Gasteiger partial charge < -0.3 is 14.6 Å². The molecule has 0 saturated carbocycles. The number of para-hydroxylation sites is 2. The van der Waals surface area contributed by atoms with Crippen LogP contribution in [0.2, 0.25) is 0 Å². The third kappa shape index (κ3) is 4.71. The molecule has 2 aromatic rings. The van der Waals surface area contributed by atoms with Crippen LogP contribution in [0.15, 0.2) is 60.7 Å². The van der Waals surface area contributed by atoms with Crippen molar-refractivity contribution in [1.29, 1.82) is 0 Å². The van der Waals surface area contributed by atoms with Crippen LogP contribution in [0.25, 0.3) is 0 Å². The normalized spacial score (nSPS) is 16.7. The topological polar surface area (TPSA) is 41.9 Å². The molecule has 1 fully saturated rings. The summed E-state index contributed by atoms with van der Waals surface area (Å²) in [6, 6.07) is 15.9. The summed E-state index contributed by atoms with van der Waals surface area (Å²) in [4.78, 5) is 2.37. The minimum Gasteiger partial charge on any atom is -0.496 e. The molecule has 0 bridgehead atoms. The molecule has 1 saturated heterocycles. The second-order valence-corrected chi connectivity index (χ2v) is 7.36. The SMILES string of the molecule is C=C(C)COc1ccccc1CN1CCC(O)(c2ccccc2OC)CC1. The molecular weight excluding hydrogens is 338 g/mol. The van der Waals surface area contributed by atoms with E-state index in [1.165, 1.54) is 5.56 Å². The van der Waals surface area contributed by atoms with Gasteiger partial charge in [0.25, 0.3) is 0 Å². The fourth-order valence-electron chi connectivity index (χ4n) is 3.60. The molecule has 27 heavy (non-hydrogen) atoms.